The van der Waals surface area contributed by atoms with Gasteiger partial charge >= 0.3 is 0 Å². The van der Waals surface area contributed by atoms with Crippen LogP contribution in [0, 0.1) is 11.8 Å². The van der Waals surface area contributed by atoms with Gasteiger partial charge in [0.2, 0.25) is 0 Å². The Labute approximate surface area is 264 Å². The molecule has 0 fully saturated rings. The third kappa shape index (κ3) is 8.22. The van der Waals surface area contributed by atoms with E-state index in [0.29, 0.717) is 37.2 Å². The van der Waals surface area contributed by atoms with Crippen LogP contribution in [0.15, 0.2) is 109 Å². The first-order valence-electron chi connectivity index (χ1n) is 15.3. The summed E-state index contributed by atoms with van der Waals surface area (Å²) in [6.07, 6.45) is 1.14. The molecular weight excluding hydrogens is 564 g/mol. The van der Waals surface area contributed by atoms with Crippen LogP contribution in [0.25, 0.3) is 10.8 Å². The number of ether oxygens (including phenoxy) is 2. The van der Waals surface area contributed by atoms with Crippen molar-refractivity contribution in [3.05, 3.63) is 131 Å². The van der Waals surface area contributed by atoms with Crippen LogP contribution in [-0.4, -0.2) is 41.4 Å². The Morgan fingerprint density at radius 2 is 1.11 bits per heavy atom. The largest absolute Gasteiger partial charge is 0.504 e. The first kappa shape index (κ1) is 31.6. The molecule has 5 rings (SSSR count). The zero-order chi connectivity index (χ0) is 31.8. The lowest BCUT2D eigenvalue weighted by atomic mass is 9.82. The topological polar surface area (TPSA) is 96.2 Å². The molecule has 232 valence electrons. The van der Waals surface area contributed by atoms with Gasteiger partial charge in [0.05, 0.1) is 20.3 Å². The highest BCUT2D eigenvalue weighted by molar-refractivity contribution is 5.84. The number of fused-ring (bicyclic) bond motifs is 1. The van der Waals surface area contributed by atoms with Crippen molar-refractivity contribution < 1.29 is 29.6 Å². The number of carbonyl (C=O) groups excluding carboxylic acids is 1. The van der Waals surface area contributed by atoms with Gasteiger partial charge in [0, 0.05) is 12.3 Å². The van der Waals surface area contributed by atoms with Gasteiger partial charge in [-0.2, -0.15) is 0 Å². The van der Waals surface area contributed by atoms with Crippen LogP contribution in [-0.2, 0) is 30.5 Å². The van der Waals surface area contributed by atoms with E-state index in [2.05, 4.69) is 30.3 Å². The van der Waals surface area contributed by atoms with Gasteiger partial charge in [-0.15, -0.1) is 0 Å². The fraction of sp³-hybridized carbons (Fsp3) is 0.256. The zero-order valence-corrected chi connectivity index (χ0v) is 25.7. The molecule has 6 nitrogen and oxygen atoms in total. The fourth-order valence-electron chi connectivity index (χ4n) is 6.04. The second-order valence-electron chi connectivity index (χ2n) is 11.7. The first-order chi connectivity index (χ1) is 21.8. The fourth-order valence-corrected chi connectivity index (χ4v) is 6.04. The highest BCUT2D eigenvalue weighted by atomic mass is 16.5. The molecule has 5 aromatic rings. The Morgan fingerprint density at radius 1 is 0.600 bits per heavy atom. The number of benzene rings is 5. The maximum Gasteiger partial charge on any atom is 0.160 e. The van der Waals surface area contributed by atoms with Crippen molar-refractivity contribution in [3.8, 4) is 23.0 Å². The molecule has 0 radical (unpaired) electrons. The second-order valence-corrected chi connectivity index (χ2v) is 11.7. The summed E-state index contributed by atoms with van der Waals surface area (Å²) in [5, 5.41) is 34.2. The molecular formula is C39H40O6. The van der Waals surface area contributed by atoms with E-state index in [4.69, 9.17) is 9.47 Å². The SMILES string of the molecule is COc1cc(CC(Cc2ccc3ccccc3c2)C(=O)CC(O)C(Cc2ccccc2)Cc2ccc(O)c(OC)c2)ccc1O. The van der Waals surface area contributed by atoms with Gasteiger partial charge in [0.15, 0.2) is 23.0 Å². The number of methoxy groups -OCH3 is 2. The number of Topliss-reactive ketones (excluding diaryl/α,β-unsaturated/α-hetero) is 1. The van der Waals surface area contributed by atoms with E-state index in [9.17, 15) is 20.1 Å². The van der Waals surface area contributed by atoms with Crippen molar-refractivity contribution in [2.45, 2.75) is 38.2 Å². The average molecular weight is 605 g/mol. The lowest BCUT2D eigenvalue weighted by Gasteiger charge is -2.25. The average Bonchev–Trinajstić information content (AvgIpc) is 3.06. The summed E-state index contributed by atoms with van der Waals surface area (Å²) in [6.45, 7) is 0. The molecule has 0 saturated heterocycles. The van der Waals surface area contributed by atoms with Crippen LogP contribution >= 0.6 is 0 Å². The summed E-state index contributed by atoms with van der Waals surface area (Å²) in [5.41, 5.74) is 3.89. The molecule has 3 atom stereocenters. The van der Waals surface area contributed by atoms with Gasteiger partial charge in [0.25, 0.3) is 0 Å². The normalized spacial score (nSPS) is 13.2. The van der Waals surface area contributed by atoms with E-state index < -0.39 is 12.0 Å². The van der Waals surface area contributed by atoms with Crippen molar-refractivity contribution in [2.75, 3.05) is 14.2 Å². The number of phenolic OH excluding ortho intramolecular Hbond substituents is 2. The Balaban J connectivity index is 1.41. The molecule has 3 unspecified atom stereocenters. The van der Waals surface area contributed by atoms with Crippen molar-refractivity contribution in [3.63, 3.8) is 0 Å². The molecule has 0 aliphatic rings. The van der Waals surface area contributed by atoms with Crippen LogP contribution in [0.3, 0.4) is 0 Å². The van der Waals surface area contributed by atoms with E-state index in [1.807, 2.05) is 54.6 Å². The minimum atomic E-state index is -0.897. The number of hydrogen-bond acceptors (Lipinski definition) is 6. The molecule has 45 heavy (non-hydrogen) atoms. The highest BCUT2D eigenvalue weighted by Gasteiger charge is 2.28. The Hall–Kier alpha value is -4.81. The molecule has 5 aromatic carbocycles. The smallest absolute Gasteiger partial charge is 0.160 e. The van der Waals surface area contributed by atoms with Gasteiger partial charge in [0.1, 0.15) is 5.78 Å². The number of aromatic hydroxyl groups is 2. The van der Waals surface area contributed by atoms with E-state index in [1.165, 1.54) is 14.2 Å². The van der Waals surface area contributed by atoms with E-state index in [1.54, 1.807) is 24.3 Å². The van der Waals surface area contributed by atoms with Gasteiger partial charge in [-0.1, -0.05) is 84.9 Å². The van der Waals surface area contributed by atoms with E-state index in [0.717, 1.165) is 33.0 Å². The number of carbonyl (C=O) groups is 1. The Kier molecular flexibility index (Phi) is 10.4. The summed E-state index contributed by atoms with van der Waals surface area (Å²) in [5.74, 6) is 0.154. The lowest BCUT2D eigenvalue weighted by molar-refractivity contribution is -0.125. The molecule has 6 heteroatoms. The number of phenols is 2. The third-order valence-corrected chi connectivity index (χ3v) is 8.51. The Morgan fingerprint density at radius 3 is 1.73 bits per heavy atom. The van der Waals surface area contributed by atoms with Crippen LogP contribution < -0.4 is 9.47 Å². The molecule has 0 heterocycles. The number of ketones is 1. The van der Waals surface area contributed by atoms with Gasteiger partial charge in [-0.05, 0) is 88.9 Å². The van der Waals surface area contributed by atoms with Crippen LogP contribution in [0.4, 0.5) is 0 Å². The van der Waals surface area contributed by atoms with Crippen molar-refractivity contribution in [1.82, 2.24) is 0 Å². The quantitative estimate of drug-likeness (QED) is 0.125. The maximum absolute atomic E-state index is 14.1. The van der Waals surface area contributed by atoms with Crippen molar-refractivity contribution >= 4 is 16.6 Å². The minimum Gasteiger partial charge on any atom is -0.504 e. The standard InChI is InChI=1S/C39H40O6/c1-44-38-23-28(13-16-34(38)40)21-32(18-26-8-4-3-5-9-26)36(42)25-37(43)33(22-29-14-17-35(41)39(24-29)45-2)20-27-12-15-30-10-6-7-11-31(30)19-27/h3-17,19,23-24,32-33,36,40-42H,18,20-22,25H2,1-2H3. The van der Waals surface area contributed by atoms with Gasteiger partial charge in [-0.25, -0.2) is 0 Å². The monoisotopic (exact) mass is 604 g/mol. The summed E-state index contributed by atoms with van der Waals surface area (Å²) in [7, 11) is 3.01. The summed E-state index contributed by atoms with van der Waals surface area (Å²) >= 11 is 0. The molecule has 0 aromatic heterocycles. The number of rotatable bonds is 14. The van der Waals surface area contributed by atoms with Gasteiger partial charge < -0.3 is 24.8 Å². The predicted octanol–water partition coefficient (Wildman–Crippen LogP) is 7.09. The zero-order valence-electron chi connectivity index (χ0n) is 25.7. The number of hydrogen-bond donors (Lipinski definition) is 3. The third-order valence-electron chi connectivity index (χ3n) is 8.51. The Bertz CT molecular complexity index is 1730. The first-order valence-corrected chi connectivity index (χ1v) is 15.3. The van der Waals surface area contributed by atoms with Crippen LogP contribution in [0.5, 0.6) is 23.0 Å². The minimum absolute atomic E-state index is 0.000184. The highest BCUT2D eigenvalue weighted by Crippen LogP contribution is 2.31. The van der Waals surface area contributed by atoms with Gasteiger partial charge in [-0.3, -0.25) is 4.79 Å². The second kappa shape index (κ2) is 14.8. The van der Waals surface area contributed by atoms with Crippen molar-refractivity contribution in [2.24, 2.45) is 11.8 Å². The molecule has 0 saturated carbocycles. The summed E-state index contributed by atoms with van der Waals surface area (Å²) in [4.78, 5) is 14.1. The molecule has 0 bridgehead atoms. The maximum atomic E-state index is 14.1. The van der Waals surface area contributed by atoms with Crippen molar-refractivity contribution in [1.29, 1.82) is 0 Å². The van der Waals surface area contributed by atoms with Crippen LogP contribution in [0.2, 0.25) is 0 Å². The molecule has 0 amide bonds. The van der Waals surface area contributed by atoms with E-state index >= 15 is 0 Å². The summed E-state index contributed by atoms with van der Waals surface area (Å²) in [6, 6.07) is 34.7. The molecule has 0 spiro atoms. The van der Waals surface area contributed by atoms with E-state index in [-0.39, 0.29) is 29.6 Å². The number of aliphatic hydroxyl groups excluding tert-OH is 1. The number of aliphatic hydroxyl groups is 1. The van der Waals surface area contributed by atoms with Crippen LogP contribution in [0.1, 0.15) is 28.7 Å². The lowest BCUT2D eigenvalue weighted by Crippen LogP contribution is -2.31. The molecule has 3 N–H and O–H groups in total. The summed E-state index contributed by atoms with van der Waals surface area (Å²) < 4.78 is 10.6. The molecule has 0 aliphatic heterocycles. The predicted molar refractivity (Wildman–Crippen MR) is 177 cm³/mol. The molecule has 0 aliphatic carbocycles.